The number of methoxy groups -OCH3 is 1. The molecule has 0 saturated heterocycles. The molecule has 1 heterocycles. The summed E-state index contributed by atoms with van der Waals surface area (Å²) in [5.41, 5.74) is 0.00457. The summed E-state index contributed by atoms with van der Waals surface area (Å²) in [4.78, 5) is 23.9. The van der Waals surface area contributed by atoms with E-state index in [4.69, 9.17) is 9.84 Å². The van der Waals surface area contributed by atoms with Crippen molar-refractivity contribution < 1.29 is 19.6 Å². The van der Waals surface area contributed by atoms with Crippen molar-refractivity contribution in [3.05, 3.63) is 34.0 Å². The summed E-state index contributed by atoms with van der Waals surface area (Å²) in [7, 11) is 1.27. The zero-order valence-corrected chi connectivity index (χ0v) is 8.28. The fraction of sp³-hybridized carbons (Fsp3) is 0.111. The SMILES string of the molecule is COc1ncc(C=CC(=O)O)cc1[N+](=O)[O-]. The van der Waals surface area contributed by atoms with Gasteiger partial charge in [0.05, 0.1) is 12.0 Å². The van der Waals surface area contributed by atoms with Crippen LogP contribution < -0.4 is 4.74 Å². The van der Waals surface area contributed by atoms with Crippen molar-refractivity contribution in [3.63, 3.8) is 0 Å². The fourth-order valence-corrected chi connectivity index (χ4v) is 1.00. The average Bonchev–Trinajstić information content (AvgIpc) is 2.25. The molecule has 84 valence electrons. The Morgan fingerprint density at radius 3 is 2.88 bits per heavy atom. The van der Waals surface area contributed by atoms with Crippen LogP contribution in [0.15, 0.2) is 18.3 Å². The van der Waals surface area contributed by atoms with Gasteiger partial charge in [0.1, 0.15) is 0 Å². The molecule has 0 radical (unpaired) electrons. The Morgan fingerprint density at radius 1 is 1.69 bits per heavy atom. The van der Waals surface area contributed by atoms with Gasteiger partial charge in [-0.1, -0.05) is 0 Å². The highest BCUT2D eigenvalue weighted by atomic mass is 16.6. The number of aromatic nitrogens is 1. The average molecular weight is 224 g/mol. The van der Waals surface area contributed by atoms with Gasteiger partial charge in [-0.15, -0.1) is 0 Å². The maximum atomic E-state index is 10.6. The molecule has 0 amide bonds. The standard InChI is InChI=1S/C9H8N2O5/c1-16-9-7(11(14)15)4-6(5-10-9)2-3-8(12)13/h2-5H,1H3,(H,12,13). The number of ether oxygens (including phenoxy) is 1. The molecule has 0 bridgehead atoms. The minimum atomic E-state index is -1.14. The van der Waals surface area contributed by atoms with Gasteiger partial charge in [0.25, 0.3) is 5.88 Å². The molecule has 7 nitrogen and oxygen atoms in total. The molecule has 0 saturated carbocycles. The van der Waals surface area contributed by atoms with E-state index in [1.165, 1.54) is 25.4 Å². The summed E-state index contributed by atoms with van der Waals surface area (Å²) < 4.78 is 4.69. The van der Waals surface area contributed by atoms with Crippen LogP contribution in [0, 0.1) is 10.1 Å². The lowest BCUT2D eigenvalue weighted by atomic mass is 10.2. The largest absolute Gasteiger partial charge is 0.478 e. The fourth-order valence-electron chi connectivity index (χ4n) is 1.00. The number of pyridine rings is 1. The Labute approximate surface area is 90.1 Å². The molecule has 0 aromatic carbocycles. The lowest BCUT2D eigenvalue weighted by molar-refractivity contribution is -0.386. The summed E-state index contributed by atoms with van der Waals surface area (Å²) in [5, 5.41) is 19.0. The molecule has 1 rings (SSSR count). The molecule has 0 aliphatic heterocycles. The third-order valence-electron chi connectivity index (χ3n) is 1.66. The maximum Gasteiger partial charge on any atom is 0.331 e. The van der Waals surface area contributed by atoms with Crippen LogP contribution >= 0.6 is 0 Å². The van der Waals surface area contributed by atoms with Gasteiger partial charge in [0, 0.05) is 23.9 Å². The van der Waals surface area contributed by atoms with Crippen molar-refractivity contribution in [1.82, 2.24) is 4.98 Å². The van der Waals surface area contributed by atoms with E-state index >= 15 is 0 Å². The van der Waals surface area contributed by atoms with Crippen molar-refractivity contribution >= 4 is 17.7 Å². The lowest BCUT2D eigenvalue weighted by Gasteiger charge is -2.00. The quantitative estimate of drug-likeness (QED) is 0.466. The molecule has 0 aliphatic carbocycles. The first kappa shape index (κ1) is 11.6. The van der Waals surface area contributed by atoms with Gasteiger partial charge in [0.15, 0.2) is 0 Å². The van der Waals surface area contributed by atoms with Crippen LogP contribution in [0.3, 0.4) is 0 Å². The predicted molar refractivity (Wildman–Crippen MR) is 54.1 cm³/mol. The van der Waals surface area contributed by atoms with Crippen LogP contribution in [-0.2, 0) is 4.79 Å². The van der Waals surface area contributed by atoms with Gasteiger partial charge in [-0.05, 0) is 6.08 Å². The van der Waals surface area contributed by atoms with Gasteiger partial charge in [0.2, 0.25) is 0 Å². The highest BCUT2D eigenvalue weighted by molar-refractivity contribution is 5.85. The number of carboxylic acid groups (broad SMARTS) is 1. The van der Waals surface area contributed by atoms with Crippen molar-refractivity contribution in [3.8, 4) is 5.88 Å². The highest BCUT2D eigenvalue weighted by Gasteiger charge is 2.16. The number of nitrogens with zero attached hydrogens (tertiary/aromatic N) is 2. The monoisotopic (exact) mass is 224 g/mol. The third-order valence-corrected chi connectivity index (χ3v) is 1.66. The van der Waals surface area contributed by atoms with Crippen molar-refractivity contribution in [1.29, 1.82) is 0 Å². The van der Waals surface area contributed by atoms with Crippen LogP contribution in [-0.4, -0.2) is 28.1 Å². The van der Waals surface area contributed by atoms with E-state index in [2.05, 4.69) is 4.98 Å². The zero-order valence-electron chi connectivity index (χ0n) is 8.28. The first-order chi connectivity index (χ1) is 7.54. The Hall–Kier alpha value is -2.44. The normalized spacial score (nSPS) is 10.3. The van der Waals surface area contributed by atoms with Crippen molar-refractivity contribution in [2.24, 2.45) is 0 Å². The Bertz CT molecular complexity index is 455. The Morgan fingerprint density at radius 2 is 2.38 bits per heavy atom. The van der Waals surface area contributed by atoms with Crippen LogP contribution in [0.2, 0.25) is 0 Å². The number of hydrogen-bond acceptors (Lipinski definition) is 5. The van der Waals surface area contributed by atoms with Gasteiger partial charge < -0.3 is 9.84 Å². The summed E-state index contributed by atoms with van der Waals surface area (Å²) >= 11 is 0. The molecule has 0 atom stereocenters. The second kappa shape index (κ2) is 4.87. The van der Waals surface area contributed by atoms with Gasteiger partial charge in [-0.3, -0.25) is 10.1 Å². The molecule has 16 heavy (non-hydrogen) atoms. The van der Waals surface area contributed by atoms with Gasteiger partial charge in [-0.25, -0.2) is 9.78 Å². The molecular weight excluding hydrogens is 216 g/mol. The number of rotatable bonds is 4. The Kier molecular flexibility index (Phi) is 3.54. The molecule has 0 aliphatic rings. The van der Waals surface area contributed by atoms with E-state index in [-0.39, 0.29) is 11.6 Å². The minimum absolute atomic E-state index is 0.113. The predicted octanol–water partition coefficient (Wildman–Crippen LogP) is 1.10. The number of hydrogen-bond donors (Lipinski definition) is 1. The van der Waals surface area contributed by atoms with Crippen molar-refractivity contribution in [2.45, 2.75) is 0 Å². The molecular formula is C9H8N2O5. The third kappa shape index (κ3) is 2.77. The summed E-state index contributed by atoms with van der Waals surface area (Å²) in [5.74, 6) is -1.25. The number of carboxylic acids is 1. The van der Waals surface area contributed by atoms with Gasteiger partial charge >= 0.3 is 11.7 Å². The first-order valence-electron chi connectivity index (χ1n) is 4.14. The second-order valence-corrected chi connectivity index (χ2v) is 2.73. The lowest BCUT2D eigenvalue weighted by Crippen LogP contribution is -1.96. The topological polar surface area (TPSA) is 103 Å². The minimum Gasteiger partial charge on any atom is -0.478 e. The van der Waals surface area contributed by atoms with Crippen LogP contribution in [0.25, 0.3) is 6.08 Å². The first-order valence-corrected chi connectivity index (χ1v) is 4.14. The van der Waals surface area contributed by atoms with Gasteiger partial charge in [-0.2, -0.15) is 0 Å². The smallest absolute Gasteiger partial charge is 0.331 e. The number of nitro groups is 1. The highest BCUT2D eigenvalue weighted by Crippen LogP contribution is 2.24. The summed E-state index contributed by atoms with van der Waals surface area (Å²) in [6, 6.07) is 1.19. The maximum absolute atomic E-state index is 10.6. The molecule has 1 N–H and O–H groups in total. The van der Waals surface area contributed by atoms with Crippen molar-refractivity contribution in [2.75, 3.05) is 7.11 Å². The van der Waals surface area contributed by atoms with E-state index < -0.39 is 10.9 Å². The van der Waals surface area contributed by atoms with E-state index in [9.17, 15) is 14.9 Å². The van der Waals surface area contributed by atoms with E-state index in [0.29, 0.717) is 5.56 Å². The molecule has 0 spiro atoms. The summed E-state index contributed by atoms with van der Waals surface area (Å²) in [6.45, 7) is 0. The van der Waals surface area contributed by atoms with E-state index in [0.717, 1.165) is 6.08 Å². The van der Waals surface area contributed by atoms with E-state index in [1.807, 2.05) is 0 Å². The molecule has 7 heteroatoms. The summed E-state index contributed by atoms with van der Waals surface area (Å²) in [6.07, 6.45) is 3.36. The second-order valence-electron chi connectivity index (χ2n) is 2.73. The Balaban J connectivity index is 3.12. The zero-order chi connectivity index (χ0) is 12.1. The number of carbonyl (C=O) groups is 1. The molecule has 0 unspecified atom stereocenters. The number of aliphatic carboxylic acids is 1. The van der Waals surface area contributed by atoms with Crippen LogP contribution in [0.5, 0.6) is 5.88 Å². The van der Waals surface area contributed by atoms with Crippen LogP contribution in [0.1, 0.15) is 5.56 Å². The molecule has 0 fully saturated rings. The molecule has 1 aromatic rings. The van der Waals surface area contributed by atoms with E-state index in [1.54, 1.807) is 0 Å². The molecule has 1 aromatic heterocycles. The van der Waals surface area contributed by atoms with Crippen LogP contribution in [0.4, 0.5) is 5.69 Å².